The standard InChI is InChI=1S/C20H28N4O4S/c1-3-23-19(26)17(14-18(25)21-15-4-6-16(27-2)7-5-15)24(20(23)29)9-8-22-10-12-28-13-11-22/h4-7,17H,3,8-14H2,1-2H3,(H,21,25)/t17-/m0/s1. The Morgan fingerprint density at radius 2 is 1.93 bits per heavy atom. The molecule has 1 aromatic carbocycles. The Bertz CT molecular complexity index is 737. The summed E-state index contributed by atoms with van der Waals surface area (Å²) in [6.45, 7) is 6.97. The van der Waals surface area contributed by atoms with E-state index in [1.54, 1.807) is 36.3 Å². The number of carbonyl (C=O) groups excluding carboxylic acids is 2. The second kappa shape index (κ2) is 10.00. The highest BCUT2D eigenvalue weighted by atomic mass is 32.1. The van der Waals surface area contributed by atoms with E-state index in [0.717, 1.165) is 32.8 Å². The van der Waals surface area contributed by atoms with Crippen LogP contribution < -0.4 is 10.1 Å². The fraction of sp³-hybridized carbons (Fsp3) is 0.550. The first-order valence-electron chi connectivity index (χ1n) is 9.89. The number of rotatable bonds is 8. The van der Waals surface area contributed by atoms with Crippen molar-refractivity contribution in [3.63, 3.8) is 0 Å². The summed E-state index contributed by atoms with van der Waals surface area (Å²) < 4.78 is 10.5. The van der Waals surface area contributed by atoms with Crippen LogP contribution in [0.15, 0.2) is 24.3 Å². The molecule has 158 valence electrons. The fourth-order valence-corrected chi connectivity index (χ4v) is 4.01. The average Bonchev–Trinajstić information content (AvgIpc) is 2.96. The quantitative estimate of drug-likeness (QED) is 0.633. The van der Waals surface area contributed by atoms with Gasteiger partial charge in [-0.1, -0.05) is 0 Å². The molecule has 3 rings (SSSR count). The van der Waals surface area contributed by atoms with Crippen molar-refractivity contribution in [2.75, 3.05) is 58.4 Å². The van der Waals surface area contributed by atoms with Crippen LogP contribution in [0.3, 0.4) is 0 Å². The smallest absolute Gasteiger partial charge is 0.252 e. The molecule has 2 fully saturated rings. The molecule has 1 N–H and O–H groups in total. The van der Waals surface area contributed by atoms with Crippen LogP contribution in [0.25, 0.3) is 0 Å². The second-order valence-electron chi connectivity index (χ2n) is 7.01. The lowest BCUT2D eigenvalue weighted by molar-refractivity contribution is -0.130. The molecule has 1 aromatic rings. The van der Waals surface area contributed by atoms with Crippen molar-refractivity contribution in [1.29, 1.82) is 0 Å². The zero-order valence-electron chi connectivity index (χ0n) is 16.9. The average molecular weight is 421 g/mol. The van der Waals surface area contributed by atoms with E-state index in [0.29, 0.717) is 29.6 Å². The van der Waals surface area contributed by atoms with E-state index < -0.39 is 6.04 Å². The number of nitrogens with zero attached hydrogens (tertiary/aromatic N) is 3. The van der Waals surface area contributed by atoms with Crippen molar-refractivity contribution in [3.8, 4) is 5.75 Å². The highest BCUT2D eigenvalue weighted by molar-refractivity contribution is 7.80. The minimum absolute atomic E-state index is 0.0601. The molecule has 9 heteroatoms. The van der Waals surface area contributed by atoms with E-state index in [1.807, 2.05) is 11.8 Å². The molecule has 2 saturated heterocycles. The number of likely N-dealkylation sites (N-methyl/N-ethyl adjacent to an activating group) is 1. The Balaban J connectivity index is 1.63. The highest BCUT2D eigenvalue weighted by Gasteiger charge is 2.42. The van der Waals surface area contributed by atoms with Gasteiger partial charge in [-0.05, 0) is 43.4 Å². The van der Waals surface area contributed by atoms with Gasteiger partial charge in [-0.3, -0.25) is 19.4 Å². The number of hydrogen-bond donors (Lipinski definition) is 1. The summed E-state index contributed by atoms with van der Waals surface area (Å²) in [6.07, 6.45) is 0.0601. The molecular weight excluding hydrogens is 392 g/mol. The molecule has 0 bridgehead atoms. The van der Waals surface area contributed by atoms with E-state index in [-0.39, 0.29) is 18.2 Å². The zero-order chi connectivity index (χ0) is 20.8. The van der Waals surface area contributed by atoms with Gasteiger partial charge in [0.15, 0.2) is 5.11 Å². The summed E-state index contributed by atoms with van der Waals surface area (Å²) in [7, 11) is 1.59. The first-order valence-corrected chi connectivity index (χ1v) is 10.3. The Kier molecular flexibility index (Phi) is 7.40. The minimum Gasteiger partial charge on any atom is -0.497 e. The zero-order valence-corrected chi connectivity index (χ0v) is 17.7. The summed E-state index contributed by atoms with van der Waals surface area (Å²) in [5.41, 5.74) is 0.663. The number of anilines is 1. The first-order chi connectivity index (χ1) is 14.0. The van der Waals surface area contributed by atoms with Crippen molar-refractivity contribution in [3.05, 3.63) is 24.3 Å². The number of amides is 2. The molecule has 8 nitrogen and oxygen atoms in total. The Morgan fingerprint density at radius 3 is 2.55 bits per heavy atom. The van der Waals surface area contributed by atoms with Gasteiger partial charge in [-0.25, -0.2) is 0 Å². The highest BCUT2D eigenvalue weighted by Crippen LogP contribution is 2.22. The van der Waals surface area contributed by atoms with Crippen LogP contribution in [-0.4, -0.2) is 90.7 Å². The topological polar surface area (TPSA) is 74.4 Å². The van der Waals surface area contributed by atoms with Crippen LogP contribution in [0.2, 0.25) is 0 Å². The van der Waals surface area contributed by atoms with Crippen LogP contribution in [0.4, 0.5) is 5.69 Å². The molecule has 0 aromatic heterocycles. The van der Waals surface area contributed by atoms with Crippen LogP contribution in [0.5, 0.6) is 5.75 Å². The second-order valence-corrected chi connectivity index (χ2v) is 7.37. The molecule has 2 heterocycles. The molecule has 1 atom stereocenters. The van der Waals surface area contributed by atoms with Gasteiger partial charge in [0.25, 0.3) is 5.91 Å². The van der Waals surface area contributed by atoms with E-state index >= 15 is 0 Å². The number of hydrogen-bond acceptors (Lipinski definition) is 6. The first kappa shape index (κ1) is 21.5. The molecule has 2 amide bonds. The SMILES string of the molecule is CCN1C(=O)[C@H](CC(=O)Nc2ccc(OC)cc2)N(CCN2CCOCC2)C1=S. The third kappa shape index (κ3) is 5.23. The molecule has 0 aliphatic carbocycles. The number of nitrogens with one attached hydrogen (secondary N) is 1. The monoisotopic (exact) mass is 420 g/mol. The third-order valence-corrected chi connectivity index (χ3v) is 5.69. The number of ether oxygens (including phenoxy) is 2. The Hall–Kier alpha value is -2.23. The van der Waals surface area contributed by atoms with Gasteiger partial charge in [0.2, 0.25) is 5.91 Å². The molecule has 0 saturated carbocycles. The van der Waals surface area contributed by atoms with Gasteiger partial charge in [0, 0.05) is 38.4 Å². The lowest BCUT2D eigenvalue weighted by atomic mass is 10.1. The molecule has 2 aliphatic rings. The van der Waals surface area contributed by atoms with Gasteiger partial charge < -0.3 is 19.7 Å². The maximum atomic E-state index is 12.8. The number of benzene rings is 1. The normalized spacial score (nSPS) is 20.3. The van der Waals surface area contributed by atoms with Crippen LogP contribution in [0, 0.1) is 0 Å². The fourth-order valence-electron chi connectivity index (χ4n) is 3.57. The van der Waals surface area contributed by atoms with Crippen molar-refractivity contribution in [2.45, 2.75) is 19.4 Å². The summed E-state index contributed by atoms with van der Waals surface area (Å²) >= 11 is 5.53. The lowest BCUT2D eigenvalue weighted by Crippen LogP contribution is -2.45. The number of carbonyl (C=O) groups is 2. The number of thiocarbonyl (C=S) groups is 1. The van der Waals surface area contributed by atoms with Crippen molar-refractivity contribution < 1.29 is 19.1 Å². The van der Waals surface area contributed by atoms with Crippen molar-refractivity contribution in [1.82, 2.24) is 14.7 Å². The predicted molar refractivity (Wildman–Crippen MR) is 114 cm³/mol. The Labute approximate surface area is 176 Å². The van der Waals surface area contributed by atoms with Gasteiger partial charge in [0.1, 0.15) is 11.8 Å². The van der Waals surface area contributed by atoms with E-state index in [9.17, 15) is 9.59 Å². The number of morpholine rings is 1. The molecular formula is C20H28N4O4S. The molecule has 0 spiro atoms. The summed E-state index contributed by atoms with van der Waals surface area (Å²) in [6, 6.07) is 6.53. The molecule has 0 radical (unpaired) electrons. The van der Waals surface area contributed by atoms with Crippen molar-refractivity contribution in [2.24, 2.45) is 0 Å². The van der Waals surface area contributed by atoms with Crippen LogP contribution >= 0.6 is 12.2 Å². The van der Waals surface area contributed by atoms with Gasteiger partial charge in [0.05, 0.1) is 26.7 Å². The van der Waals surface area contributed by atoms with Crippen LogP contribution in [0.1, 0.15) is 13.3 Å². The molecule has 0 unspecified atom stereocenters. The molecule has 2 aliphatic heterocycles. The predicted octanol–water partition coefficient (Wildman–Crippen LogP) is 1.17. The van der Waals surface area contributed by atoms with Gasteiger partial charge in [-0.15, -0.1) is 0 Å². The minimum atomic E-state index is -0.568. The lowest BCUT2D eigenvalue weighted by Gasteiger charge is -2.30. The maximum Gasteiger partial charge on any atom is 0.252 e. The number of methoxy groups -OCH3 is 1. The van der Waals surface area contributed by atoms with Gasteiger partial charge >= 0.3 is 0 Å². The van der Waals surface area contributed by atoms with Gasteiger partial charge in [-0.2, -0.15) is 0 Å². The molecule has 29 heavy (non-hydrogen) atoms. The Morgan fingerprint density at radius 1 is 1.24 bits per heavy atom. The largest absolute Gasteiger partial charge is 0.497 e. The van der Waals surface area contributed by atoms with Crippen LogP contribution in [-0.2, 0) is 14.3 Å². The summed E-state index contributed by atoms with van der Waals surface area (Å²) in [5, 5.41) is 3.36. The van der Waals surface area contributed by atoms with E-state index in [1.165, 1.54) is 0 Å². The van der Waals surface area contributed by atoms with E-state index in [2.05, 4.69) is 10.2 Å². The maximum absolute atomic E-state index is 12.8. The summed E-state index contributed by atoms with van der Waals surface area (Å²) in [5.74, 6) is 0.391. The van der Waals surface area contributed by atoms with E-state index in [4.69, 9.17) is 21.7 Å². The van der Waals surface area contributed by atoms with Crippen molar-refractivity contribution >= 4 is 34.8 Å². The third-order valence-electron chi connectivity index (χ3n) is 5.23. The summed E-state index contributed by atoms with van der Waals surface area (Å²) in [4.78, 5) is 31.2.